The molecule has 0 bridgehead atoms. The van der Waals surface area contributed by atoms with Gasteiger partial charge in [-0.25, -0.2) is 4.79 Å². The number of hydrogen-bond donors (Lipinski definition) is 2. The van der Waals surface area contributed by atoms with Crippen molar-refractivity contribution in [3.63, 3.8) is 0 Å². The third-order valence-electron chi connectivity index (χ3n) is 2.04. The molecule has 0 saturated carbocycles. The second-order valence-corrected chi connectivity index (χ2v) is 4.50. The Bertz CT molecular complexity index is 404. The molecule has 5 nitrogen and oxygen atoms in total. The molecule has 1 aromatic carbocycles. The van der Waals surface area contributed by atoms with E-state index in [4.69, 9.17) is 0 Å². The molecular formula is C11H12INO4. The van der Waals surface area contributed by atoms with Gasteiger partial charge in [-0.3, -0.25) is 4.79 Å². The summed E-state index contributed by atoms with van der Waals surface area (Å²) in [5, 5.41) is 11.7. The summed E-state index contributed by atoms with van der Waals surface area (Å²) in [6, 6.07) is 6.93. The van der Waals surface area contributed by atoms with Crippen LogP contribution in [-0.2, 0) is 9.53 Å². The van der Waals surface area contributed by atoms with Gasteiger partial charge in [0, 0.05) is 9.13 Å². The van der Waals surface area contributed by atoms with E-state index in [1.54, 1.807) is 24.3 Å². The van der Waals surface area contributed by atoms with Gasteiger partial charge in [0.05, 0.1) is 13.7 Å². The monoisotopic (exact) mass is 349 g/mol. The molecule has 1 amide bonds. The number of aliphatic hydroxyl groups excluding tert-OH is 1. The minimum Gasteiger partial charge on any atom is -0.467 e. The first-order valence-corrected chi connectivity index (χ1v) is 5.92. The van der Waals surface area contributed by atoms with Crippen molar-refractivity contribution in [3.8, 4) is 0 Å². The topological polar surface area (TPSA) is 75.6 Å². The van der Waals surface area contributed by atoms with Crippen molar-refractivity contribution in [1.82, 2.24) is 5.32 Å². The molecule has 0 fully saturated rings. The van der Waals surface area contributed by atoms with Crippen molar-refractivity contribution in [2.45, 2.75) is 6.10 Å². The van der Waals surface area contributed by atoms with Crippen molar-refractivity contribution in [2.24, 2.45) is 0 Å². The molecule has 1 aromatic rings. The van der Waals surface area contributed by atoms with Crippen LogP contribution in [0.25, 0.3) is 0 Å². The fourth-order valence-corrected chi connectivity index (χ4v) is 1.47. The highest BCUT2D eigenvalue weighted by Crippen LogP contribution is 2.06. The molecule has 92 valence electrons. The highest BCUT2D eigenvalue weighted by molar-refractivity contribution is 14.1. The fraction of sp³-hybridized carbons (Fsp3) is 0.273. The Hall–Kier alpha value is -1.15. The Kier molecular flexibility index (Phi) is 5.36. The predicted molar refractivity (Wildman–Crippen MR) is 69.5 cm³/mol. The molecule has 1 rings (SSSR count). The zero-order valence-corrected chi connectivity index (χ0v) is 11.3. The highest BCUT2D eigenvalue weighted by Gasteiger charge is 2.16. The number of halogens is 1. The summed E-state index contributed by atoms with van der Waals surface area (Å²) in [5.41, 5.74) is 0.475. The summed E-state index contributed by atoms with van der Waals surface area (Å²) in [4.78, 5) is 22.5. The lowest BCUT2D eigenvalue weighted by molar-refractivity contribution is -0.149. The summed E-state index contributed by atoms with van der Waals surface area (Å²) >= 11 is 2.13. The van der Waals surface area contributed by atoms with Gasteiger partial charge in [0.15, 0.2) is 6.10 Å². The zero-order valence-electron chi connectivity index (χ0n) is 9.14. The smallest absolute Gasteiger partial charge is 0.336 e. The summed E-state index contributed by atoms with van der Waals surface area (Å²) in [7, 11) is 1.17. The van der Waals surface area contributed by atoms with Gasteiger partial charge in [0.1, 0.15) is 0 Å². The lowest BCUT2D eigenvalue weighted by Crippen LogP contribution is -2.37. The van der Waals surface area contributed by atoms with Crippen LogP contribution in [0.4, 0.5) is 0 Å². The molecule has 0 spiro atoms. The summed E-state index contributed by atoms with van der Waals surface area (Å²) in [5.74, 6) is -1.11. The molecule has 0 aromatic heterocycles. The van der Waals surface area contributed by atoms with Crippen molar-refractivity contribution >= 4 is 34.5 Å². The molecule has 0 aliphatic carbocycles. The number of rotatable bonds is 4. The predicted octanol–water partition coefficient (Wildman–Crippen LogP) is 0.555. The number of benzene rings is 1. The largest absolute Gasteiger partial charge is 0.467 e. The van der Waals surface area contributed by atoms with Gasteiger partial charge in [-0.05, 0) is 46.9 Å². The maximum absolute atomic E-state index is 11.6. The summed E-state index contributed by atoms with van der Waals surface area (Å²) in [6.45, 7) is -0.169. The standard InChI is InChI=1S/C11H12INO4/c1-17-11(16)9(14)6-13-10(15)7-2-4-8(12)5-3-7/h2-5,9,14H,6H2,1H3,(H,13,15). The van der Waals surface area contributed by atoms with Crippen LogP contribution in [-0.4, -0.2) is 36.7 Å². The molecule has 2 N–H and O–H groups in total. The van der Waals surface area contributed by atoms with E-state index in [9.17, 15) is 14.7 Å². The number of carbonyl (C=O) groups is 2. The average molecular weight is 349 g/mol. The van der Waals surface area contributed by atoms with Crippen LogP contribution >= 0.6 is 22.6 Å². The number of aliphatic hydroxyl groups is 1. The molecule has 0 radical (unpaired) electrons. The molecule has 0 saturated heterocycles. The highest BCUT2D eigenvalue weighted by atomic mass is 127. The van der Waals surface area contributed by atoms with Gasteiger partial charge in [-0.1, -0.05) is 0 Å². The number of hydrogen-bond acceptors (Lipinski definition) is 4. The Morgan fingerprint density at radius 3 is 2.53 bits per heavy atom. The van der Waals surface area contributed by atoms with E-state index in [0.29, 0.717) is 5.56 Å². The Labute approximate surface area is 112 Å². The molecule has 1 unspecified atom stereocenters. The van der Waals surface area contributed by atoms with E-state index in [1.165, 1.54) is 7.11 Å². The van der Waals surface area contributed by atoms with Gasteiger partial charge in [-0.15, -0.1) is 0 Å². The third-order valence-corrected chi connectivity index (χ3v) is 2.75. The Morgan fingerprint density at radius 2 is 2.00 bits per heavy atom. The Morgan fingerprint density at radius 1 is 1.41 bits per heavy atom. The second kappa shape index (κ2) is 6.55. The van der Waals surface area contributed by atoms with Gasteiger partial charge in [0.25, 0.3) is 5.91 Å². The van der Waals surface area contributed by atoms with Crippen LogP contribution < -0.4 is 5.32 Å². The normalized spacial score (nSPS) is 11.7. The number of carbonyl (C=O) groups excluding carboxylic acids is 2. The van der Waals surface area contributed by atoms with Gasteiger partial charge >= 0.3 is 5.97 Å². The van der Waals surface area contributed by atoms with Crippen LogP contribution in [0.2, 0.25) is 0 Å². The zero-order chi connectivity index (χ0) is 12.8. The van der Waals surface area contributed by atoms with E-state index in [2.05, 4.69) is 32.6 Å². The lowest BCUT2D eigenvalue weighted by Gasteiger charge is -2.09. The van der Waals surface area contributed by atoms with Crippen LogP contribution in [0.3, 0.4) is 0 Å². The van der Waals surface area contributed by atoms with Crippen molar-refractivity contribution < 1.29 is 19.4 Å². The number of nitrogens with one attached hydrogen (secondary N) is 1. The SMILES string of the molecule is COC(=O)C(O)CNC(=O)c1ccc(I)cc1. The molecule has 0 heterocycles. The van der Waals surface area contributed by atoms with Crippen molar-refractivity contribution in [1.29, 1.82) is 0 Å². The van der Waals surface area contributed by atoms with E-state index < -0.39 is 12.1 Å². The third kappa shape index (κ3) is 4.31. The van der Waals surface area contributed by atoms with E-state index in [1.807, 2.05) is 0 Å². The minimum absolute atomic E-state index is 0.169. The molecule has 1 atom stereocenters. The van der Waals surface area contributed by atoms with Crippen LogP contribution in [0.15, 0.2) is 24.3 Å². The average Bonchev–Trinajstić information content (AvgIpc) is 2.35. The summed E-state index contributed by atoms with van der Waals surface area (Å²) in [6.07, 6.45) is -1.34. The maximum Gasteiger partial charge on any atom is 0.336 e. The van der Waals surface area contributed by atoms with Gasteiger partial charge < -0.3 is 15.2 Å². The lowest BCUT2D eigenvalue weighted by atomic mass is 10.2. The van der Waals surface area contributed by atoms with Gasteiger partial charge in [-0.2, -0.15) is 0 Å². The number of esters is 1. The molecule has 0 aliphatic rings. The van der Waals surface area contributed by atoms with Crippen molar-refractivity contribution in [2.75, 3.05) is 13.7 Å². The maximum atomic E-state index is 11.6. The Balaban J connectivity index is 2.50. The summed E-state index contributed by atoms with van der Waals surface area (Å²) < 4.78 is 5.35. The van der Waals surface area contributed by atoms with Crippen LogP contribution in [0, 0.1) is 3.57 Å². The van der Waals surface area contributed by atoms with Crippen molar-refractivity contribution in [3.05, 3.63) is 33.4 Å². The number of methoxy groups -OCH3 is 1. The van der Waals surface area contributed by atoms with Gasteiger partial charge in [0.2, 0.25) is 0 Å². The second-order valence-electron chi connectivity index (χ2n) is 3.26. The first kappa shape index (κ1) is 13.9. The molecule has 0 aliphatic heterocycles. The number of amides is 1. The molecular weight excluding hydrogens is 337 g/mol. The number of ether oxygens (including phenoxy) is 1. The molecule has 17 heavy (non-hydrogen) atoms. The first-order chi connectivity index (χ1) is 8.04. The van der Waals surface area contributed by atoms with Crippen LogP contribution in [0.1, 0.15) is 10.4 Å². The quantitative estimate of drug-likeness (QED) is 0.615. The fourth-order valence-electron chi connectivity index (χ4n) is 1.11. The first-order valence-electron chi connectivity index (χ1n) is 4.84. The van der Waals surface area contributed by atoms with E-state index in [0.717, 1.165) is 3.57 Å². The minimum atomic E-state index is -1.34. The van der Waals surface area contributed by atoms with E-state index >= 15 is 0 Å². The molecule has 6 heteroatoms. The van der Waals surface area contributed by atoms with E-state index in [-0.39, 0.29) is 12.5 Å². The van der Waals surface area contributed by atoms with Crippen LogP contribution in [0.5, 0.6) is 0 Å².